The number of ether oxygens (including phenoxy) is 3. The Labute approximate surface area is 157 Å². The first-order valence-corrected chi connectivity index (χ1v) is 9.20. The van der Waals surface area contributed by atoms with Gasteiger partial charge in [-0.3, -0.25) is 9.78 Å². The van der Waals surface area contributed by atoms with Crippen LogP contribution in [0.25, 0.3) is 11.3 Å². The minimum atomic E-state index is -0.793. The molecule has 1 aromatic heterocycles. The van der Waals surface area contributed by atoms with E-state index in [4.69, 9.17) is 19.9 Å². The summed E-state index contributed by atoms with van der Waals surface area (Å²) in [6.45, 7) is 2.73. The Hall–Kier alpha value is -2.80. The molecule has 2 aromatic rings. The predicted molar refractivity (Wildman–Crippen MR) is 101 cm³/mol. The molecule has 3 heterocycles. The lowest BCUT2D eigenvalue weighted by Gasteiger charge is -2.26. The van der Waals surface area contributed by atoms with Crippen molar-refractivity contribution in [3.8, 4) is 22.8 Å². The van der Waals surface area contributed by atoms with E-state index < -0.39 is 12.0 Å². The monoisotopic (exact) mass is 369 g/mol. The highest BCUT2D eigenvalue weighted by atomic mass is 16.6. The van der Waals surface area contributed by atoms with Crippen LogP contribution in [0.5, 0.6) is 11.5 Å². The van der Waals surface area contributed by atoms with Gasteiger partial charge in [0.05, 0.1) is 17.6 Å². The van der Waals surface area contributed by atoms with Gasteiger partial charge in [0.2, 0.25) is 6.10 Å². The van der Waals surface area contributed by atoms with E-state index in [1.807, 2.05) is 30.5 Å². The van der Waals surface area contributed by atoms with Crippen molar-refractivity contribution in [3.63, 3.8) is 0 Å². The Morgan fingerprint density at radius 1 is 1.22 bits per heavy atom. The van der Waals surface area contributed by atoms with Crippen LogP contribution in [0.1, 0.15) is 12.8 Å². The van der Waals surface area contributed by atoms with Crippen LogP contribution >= 0.6 is 0 Å². The lowest BCUT2D eigenvalue weighted by atomic mass is 10.0. The summed E-state index contributed by atoms with van der Waals surface area (Å²) in [5, 5.41) is 3.44. The van der Waals surface area contributed by atoms with Crippen molar-refractivity contribution >= 4 is 11.6 Å². The number of rotatable bonds is 5. The fourth-order valence-electron chi connectivity index (χ4n) is 3.31. The summed E-state index contributed by atoms with van der Waals surface area (Å²) in [5.74, 6) is 1.18. The minimum absolute atomic E-state index is 0.119. The molecule has 1 atom stereocenters. The molecule has 0 saturated carbocycles. The van der Waals surface area contributed by atoms with Gasteiger partial charge in [-0.15, -0.1) is 0 Å². The zero-order valence-electron chi connectivity index (χ0n) is 15.0. The number of amides is 1. The Bertz CT molecular complexity index is 803. The highest BCUT2D eigenvalue weighted by molar-refractivity contribution is 5.81. The molecule has 0 radical (unpaired) electrons. The Kier molecular flexibility index (Phi) is 5.11. The zero-order valence-corrected chi connectivity index (χ0v) is 15.0. The number of nitrogens with two attached hydrogens (primary N) is 1. The number of carbonyl (C=O) groups excluding carboxylic acids is 1. The van der Waals surface area contributed by atoms with Crippen LogP contribution in [0.4, 0.5) is 5.69 Å². The minimum Gasteiger partial charge on any atom is -0.485 e. The number of benzene rings is 1. The third kappa shape index (κ3) is 3.98. The largest absolute Gasteiger partial charge is 0.485 e. The van der Waals surface area contributed by atoms with Crippen molar-refractivity contribution in [1.29, 1.82) is 0 Å². The number of hydrogen-bond acceptors (Lipinski definition) is 6. The van der Waals surface area contributed by atoms with Gasteiger partial charge in [0.15, 0.2) is 11.5 Å². The summed E-state index contributed by atoms with van der Waals surface area (Å²) >= 11 is 0. The first kappa shape index (κ1) is 17.6. The summed E-state index contributed by atoms with van der Waals surface area (Å²) in [6, 6.07) is 9.50. The maximum atomic E-state index is 11.4. The molecule has 1 fully saturated rings. The van der Waals surface area contributed by atoms with Gasteiger partial charge in [-0.2, -0.15) is 0 Å². The predicted octanol–water partition coefficient (Wildman–Crippen LogP) is 2.21. The molecule has 1 amide bonds. The van der Waals surface area contributed by atoms with E-state index in [0.29, 0.717) is 17.4 Å². The van der Waals surface area contributed by atoms with Crippen LogP contribution in [0, 0.1) is 5.92 Å². The Balaban J connectivity index is 1.48. The molecule has 142 valence electrons. The van der Waals surface area contributed by atoms with Gasteiger partial charge in [-0.05, 0) is 43.0 Å². The third-order valence-corrected chi connectivity index (χ3v) is 4.92. The van der Waals surface area contributed by atoms with Gasteiger partial charge in [0, 0.05) is 25.3 Å². The Morgan fingerprint density at radius 2 is 2.07 bits per heavy atom. The van der Waals surface area contributed by atoms with Gasteiger partial charge in [-0.25, -0.2) is 0 Å². The van der Waals surface area contributed by atoms with Gasteiger partial charge in [-0.1, -0.05) is 6.07 Å². The molecule has 0 spiro atoms. The molecule has 1 saturated heterocycles. The number of para-hydroxylation sites is 1. The van der Waals surface area contributed by atoms with E-state index in [0.717, 1.165) is 49.5 Å². The summed E-state index contributed by atoms with van der Waals surface area (Å²) in [7, 11) is 0. The summed E-state index contributed by atoms with van der Waals surface area (Å²) < 4.78 is 16.8. The average Bonchev–Trinajstić information content (AvgIpc) is 2.72. The molecular formula is C20H23N3O4. The van der Waals surface area contributed by atoms with Crippen molar-refractivity contribution < 1.29 is 19.0 Å². The molecule has 7 heteroatoms. The van der Waals surface area contributed by atoms with Crippen molar-refractivity contribution in [2.24, 2.45) is 11.7 Å². The van der Waals surface area contributed by atoms with Crippen LogP contribution in [0.3, 0.4) is 0 Å². The number of anilines is 1. The number of nitrogens with one attached hydrogen (secondary N) is 1. The molecule has 3 N–H and O–H groups in total. The van der Waals surface area contributed by atoms with Crippen molar-refractivity contribution in [1.82, 2.24) is 4.98 Å². The number of carbonyl (C=O) groups is 1. The first-order chi connectivity index (χ1) is 13.2. The maximum absolute atomic E-state index is 11.4. The molecular weight excluding hydrogens is 346 g/mol. The zero-order chi connectivity index (χ0) is 18.6. The second-order valence-corrected chi connectivity index (χ2v) is 6.82. The van der Waals surface area contributed by atoms with Crippen LogP contribution in [0.15, 0.2) is 36.5 Å². The van der Waals surface area contributed by atoms with Gasteiger partial charge in [0.1, 0.15) is 6.61 Å². The lowest BCUT2D eigenvalue weighted by Crippen LogP contribution is -2.41. The van der Waals surface area contributed by atoms with E-state index >= 15 is 0 Å². The maximum Gasteiger partial charge on any atom is 0.262 e. The molecule has 2 aliphatic rings. The summed E-state index contributed by atoms with van der Waals surface area (Å²) in [6.07, 6.45) is 3.20. The van der Waals surface area contributed by atoms with Crippen LogP contribution in [-0.4, -0.2) is 43.4 Å². The van der Waals surface area contributed by atoms with E-state index in [1.54, 1.807) is 6.07 Å². The molecule has 1 aromatic carbocycles. The SMILES string of the molecule is NC(=O)C1COc2cccc(-c3ccc(NCC4CCOCC4)cn3)c2O1. The number of fused-ring (bicyclic) bond motifs is 1. The standard InChI is InChI=1S/C20H23N3O4/c21-20(24)18-12-26-17-3-1-2-15(19(17)27-18)16-5-4-14(11-23-16)22-10-13-6-8-25-9-7-13/h1-5,11,13,18,22H,6-10,12H2,(H2,21,24). The lowest BCUT2D eigenvalue weighted by molar-refractivity contribution is -0.126. The van der Waals surface area contributed by atoms with Gasteiger partial charge in [0.25, 0.3) is 5.91 Å². The number of aromatic nitrogens is 1. The van der Waals surface area contributed by atoms with E-state index in [2.05, 4.69) is 10.3 Å². The third-order valence-electron chi connectivity index (χ3n) is 4.92. The molecule has 2 aliphatic heterocycles. The quantitative estimate of drug-likeness (QED) is 0.839. The van der Waals surface area contributed by atoms with Crippen molar-refractivity contribution in [3.05, 3.63) is 36.5 Å². The molecule has 0 aliphatic carbocycles. The fourth-order valence-corrected chi connectivity index (χ4v) is 3.31. The molecule has 0 bridgehead atoms. The number of primary amides is 1. The van der Waals surface area contributed by atoms with E-state index in [9.17, 15) is 4.79 Å². The molecule has 7 nitrogen and oxygen atoms in total. The highest BCUT2D eigenvalue weighted by Gasteiger charge is 2.28. The molecule has 1 unspecified atom stereocenters. The van der Waals surface area contributed by atoms with Crippen molar-refractivity contribution in [2.75, 3.05) is 31.7 Å². The molecule has 4 rings (SSSR count). The van der Waals surface area contributed by atoms with Crippen LogP contribution in [0.2, 0.25) is 0 Å². The first-order valence-electron chi connectivity index (χ1n) is 9.20. The average molecular weight is 369 g/mol. The second-order valence-electron chi connectivity index (χ2n) is 6.82. The number of hydrogen-bond donors (Lipinski definition) is 2. The number of nitrogens with zero attached hydrogens (tertiary/aromatic N) is 1. The summed E-state index contributed by atoms with van der Waals surface area (Å²) in [5.41, 5.74) is 7.85. The smallest absolute Gasteiger partial charge is 0.262 e. The highest BCUT2D eigenvalue weighted by Crippen LogP contribution is 2.40. The fraction of sp³-hybridized carbons (Fsp3) is 0.400. The van der Waals surface area contributed by atoms with Crippen molar-refractivity contribution in [2.45, 2.75) is 18.9 Å². The normalized spacial score (nSPS) is 19.5. The topological polar surface area (TPSA) is 95.7 Å². The van der Waals surface area contributed by atoms with Crippen LogP contribution in [-0.2, 0) is 9.53 Å². The van der Waals surface area contributed by atoms with Gasteiger partial charge < -0.3 is 25.3 Å². The Morgan fingerprint density at radius 3 is 2.81 bits per heavy atom. The number of pyridine rings is 1. The molecule has 27 heavy (non-hydrogen) atoms. The summed E-state index contributed by atoms with van der Waals surface area (Å²) in [4.78, 5) is 16.0. The van der Waals surface area contributed by atoms with E-state index in [-0.39, 0.29) is 6.61 Å². The van der Waals surface area contributed by atoms with Gasteiger partial charge >= 0.3 is 0 Å². The van der Waals surface area contributed by atoms with E-state index in [1.165, 1.54) is 0 Å². The van der Waals surface area contributed by atoms with Crippen LogP contribution < -0.4 is 20.5 Å². The second kappa shape index (κ2) is 7.84.